The lowest BCUT2D eigenvalue weighted by Gasteiger charge is -2.16. The van der Waals surface area contributed by atoms with E-state index in [-0.39, 0.29) is 5.92 Å². The molecular formula is C9H11F3IN. The van der Waals surface area contributed by atoms with Crippen LogP contribution < -0.4 is 0 Å². The number of nitrogens with zero attached hydrogens (tertiary/aromatic N) is 1. The molecule has 1 rings (SSSR count). The Morgan fingerprint density at radius 2 is 1.93 bits per heavy atom. The summed E-state index contributed by atoms with van der Waals surface area (Å²) in [6.07, 6.45) is -2.91. The van der Waals surface area contributed by atoms with E-state index in [0.717, 1.165) is 9.08 Å². The SMILES string of the molecule is CC1=CN=C(C(F)(F)F)I=C1C(C)C. The first-order chi connectivity index (χ1) is 6.32. The van der Waals surface area contributed by atoms with E-state index in [4.69, 9.17) is 0 Å². The Bertz CT molecular complexity index is 323. The van der Waals surface area contributed by atoms with Crippen LogP contribution in [0.25, 0.3) is 0 Å². The van der Waals surface area contributed by atoms with Crippen molar-refractivity contribution in [1.29, 1.82) is 0 Å². The zero-order valence-electron chi connectivity index (χ0n) is 8.11. The first-order valence-electron chi connectivity index (χ1n) is 4.16. The molecule has 0 aliphatic carbocycles. The van der Waals surface area contributed by atoms with Gasteiger partial charge in [0.25, 0.3) is 0 Å². The summed E-state index contributed by atoms with van der Waals surface area (Å²) in [4.78, 5) is 3.47. The molecule has 0 saturated carbocycles. The van der Waals surface area contributed by atoms with Gasteiger partial charge >= 0.3 is 6.18 Å². The average molecular weight is 317 g/mol. The van der Waals surface area contributed by atoms with Crippen LogP contribution >= 0.6 is 20.7 Å². The molecule has 0 atom stereocenters. The van der Waals surface area contributed by atoms with Gasteiger partial charge in [-0.15, -0.1) is 0 Å². The molecule has 1 aliphatic rings. The number of rotatable bonds is 1. The summed E-state index contributed by atoms with van der Waals surface area (Å²) in [5, 5.41) is 0. The maximum atomic E-state index is 12.4. The molecule has 0 spiro atoms. The van der Waals surface area contributed by atoms with Gasteiger partial charge in [0.15, 0.2) is 3.72 Å². The number of alkyl halides is 3. The number of allylic oxidation sites excluding steroid dienone is 1. The molecule has 80 valence electrons. The quantitative estimate of drug-likeness (QED) is 0.655. The minimum absolute atomic E-state index is 0.187. The molecule has 0 unspecified atom stereocenters. The predicted octanol–water partition coefficient (Wildman–Crippen LogP) is 3.66. The Labute approximate surface area is 90.9 Å². The highest BCUT2D eigenvalue weighted by Crippen LogP contribution is 2.31. The second-order valence-electron chi connectivity index (χ2n) is 3.33. The molecule has 5 heteroatoms. The van der Waals surface area contributed by atoms with Crippen LogP contribution in [0.1, 0.15) is 20.8 Å². The topological polar surface area (TPSA) is 12.4 Å². The van der Waals surface area contributed by atoms with Crippen molar-refractivity contribution in [1.82, 2.24) is 0 Å². The maximum absolute atomic E-state index is 12.4. The normalized spacial score (nSPS) is 18.4. The van der Waals surface area contributed by atoms with Crippen LogP contribution in [0, 0.1) is 5.92 Å². The highest BCUT2D eigenvalue weighted by atomic mass is 127. The number of aliphatic imine (C=N–C) groups is 1. The lowest BCUT2D eigenvalue weighted by atomic mass is 10.1. The highest BCUT2D eigenvalue weighted by Gasteiger charge is 2.36. The summed E-state index contributed by atoms with van der Waals surface area (Å²) < 4.78 is 37.4. The average Bonchev–Trinajstić information content (AvgIpc) is 2.02. The number of hydrogen-bond donors (Lipinski definition) is 0. The summed E-state index contributed by atoms with van der Waals surface area (Å²) in [7, 11) is 0. The van der Waals surface area contributed by atoms with Crippen molar-refractivity contribution in [2.45, 2.75) is 26.9 Å². The van der Waals surface area contributed by atoms with Crippen LogP contribution in [-0.2, 0) is 0 Å². The van der Waals surface area contributed by atoms with Gasteiger partial charge in [0.1, 0.15) is 0 Å². The van der Waals surface area contributed by atoms with Crippen LogP contribution in [-0.4, -0.2) is 13.4 Å². The van der Waals surface area contributed by atoms with Crippen LogP contribution in [0.15, 0.2) is 16.8 Å². The largest absolute Gasteiger partial charge is 0.438 e. The molecular weight excluding hydrogens is 306 g/mol. The molecule has 1 nitrogen and oxygen atoms in total. The molecule has 0 fully saturated rings. The van der Waals surface area contributed by atoms with Gasteiger partial charge in [-0.3, -0.25) is 0 Å². The first kappa shape index (κ1) is 11.9. The first-order valence-corrected chi connectivity index (χ1v) is 6.32. The standard InChI is InChI=1S/C9H11F3IN/c1-5(2)7-6(3)4-14-8(13-7)9(10,11)12/h4-5H,1-3H3. The number of halogens is 4. The fraction of sp³-hybridized carbons (Fsp3) is 0.556. The highest BCUT2D eigenvalue weighted by molar-refractivity contribution is 14.2. The van der Waals surface area contributed by atoms with Crippen molar-refractivity contribution >= 4 is 28.0 Å². The Morgan fingerprint density at radius 3 is 2.36 bits per heavy atom. The van der Waals surface area contributed by atoms with Gasteiger partial charge in [-0.25, -0.2) is 4.99 Å². The molecule has 1 heterocycles. The molecule has 0 aromatic rings. The van der Waals surface area contributed by atoms with Gasteiger partial charge in [-0.2, -0.15) is 13.2 Å². The Balaban J connectivity index is 3.07. The van der Waals surface area contributed by atoms with Crippen LogP contribution in [0.3, 0.4) is 0 Å². The van der Waals surface area contributed by atoms with E-state index in [1.54, 1.807) is 0 Å². The van der Waals surface area contributed by atoms with E-state index in [1.165, 1.54) is 6.20 Å². The third-order valence-electron chi connectivity index (χ3n) is 1.68. The molecule has 0 aromatic carbocycles. The second kappa shape index (κ2) is 4.12. The van der Waals surface area contributed by atoms with Crippen LogP contribution in [0.4, 0.5) is 13.2 Å². The van der Waals surface area contributed by atoms with Gasteiger partial charge in [0, 0.05) is 6.20 Å². The van der Waals surface area contributed by atoms with Gasteiger partial charge in [-0.1, -0.05) is 34.6 Å². The summed E-state index contributed by atoms with van der Waals surface area (Å²) in [5.41, 5.74) is 0.904. The van der Waals surface area contributed by atoms with Crippen molar-refractivity contribution in [2.24, 2.45) is 10.9 Å². The third kappa shape index (κ3) is 2.65. The zero-order chi connectivity index (χ0) is 10.9. The molecule has 0 radical (unpaired) electrons. The summed E-state index contributed by atoms with van der Waals surface area (Å²) in [6, 6.07) is 0. The zero-order valence-corrected chi connectivity index (χ0v) is 10.3. The van der Waals surface area contributed by atoms with Crippen LogP contribution in [0.2, 0.25) is 0 Å². The van der Waals surface area contributed by atoms with Gasteiger partial charge in [0.05, 0.1) is 0 Å². The Morgan fingerprint density at radius 1 is 1.36 bits per heavy atom. The van der Waals surface area contributed by atoms with Crippen molar-refractivity contribution in [2.75, 3.05) is 0 Å². The van der Waals surface area contributed by atoms with Gasteiger partial charge in [-0.05, 0) is 21.9 Å². The van der Waals surface area contributed by atoms with Crippen molar-refractivity contribution in [3.05, 3.63) is 11.8 Å². The molecule has 0 amide bonds. The number of hydrogen-bond acceptors (Lipinski definition) is 1. The predicted molar refractivity (Wildman–Crippen MR) is 61.1 cm³/mol. The van der Waals surface area contributed by atoms with E-state index in [0.29, 0.717) is 0 Å². The maximum Gasteiger partial charge on any atom is 0.438 e. The van der Waals surface area contributed by atoms with E-state index < -0.39 is 30.6 Å². The van der Waals surface area contributed by atoms with E-state index in [9.17, 15) is 13.2 Å². The smallest absolute Gasteiger partial charge is 0.246 e. The third-order valence-corrected chi connectivity index (χ3v) is 5.76. The minimum Gasteiger partial charge on any atom is -0.246 e. The summed E-state index contributed by atoms with van der Waals surface area (Å²) in [5.74, 6) is 0.187. The fourth-order valence-corrected chi connectivity index (χ4v) is 3.42. The van der Waals surface area contributed by atoms with Crippen LogP contribution in [0.5, 0.6) is 0 Å². The lowest BCUT2D eigenvalue weighted by molar-refractivity contribution is -0.0545. The van der Waals surface area contributed by atoms with Gasteiger partial charge in [0.2, 0.25) is 0 Å². The lowest BCUT2D eigenvalue weighted by Crippen LogP contribution is -2.21. The molecule has 0 aromatic heterocycles. The summed E-state index contributed by atoms with van der Waals surface area (Å²) in [6.45, 7) is 5.67. The second-order valence-corrected chi connectivity index (χ2v) is 6.05. The monoisotopic (exact) mass is 317 g/mol. The molecule has 14 heavy (non-hydrogen) atoms. The van der Waals surface area contributed by atoms with Crippen molar-refractivity contribution in [3.8, 4) is 0 Å². The Hall–Kier alpha value is -0.200. The Kier molecular flexibility index (Phi) is 3.49. The summed E-state index contributed by atoms with van der Waals surface area (Å²) >= 11 is -1.11. The minimum atomic E-state index is -4.25. The van der Waals surface area contributed by atoms with Gasteiger partial charge < -0.3 is 0 Å². The molecule has 1 aliphatic heterocycles. The van der Waals surface area contributed by atoms with E-state index >= 15 is 0 Å². The van der Waals surface area contributed by atoms with E-state index in [2.05, 4.69) is 4.99 Å². The fourth-order valence-electron chi connectivity index (χ4n) is 1.10. The van der Waals surface area contributed by atoms with E-state index in [1.807, 2.05) is 20.8 Å². The van der Waals surface area contributed by atoms with Crippen molar-refractivity contribution < 1.29 is 13.2 Å². The molecule has 0 bridgehead atoms. The molecule has 0 N–H and O–H groups in total. The molecule has 0 saturated heterocycles. The van der Waals surface area contributed by atoms with Crippen molar-refractivity contribution in [3.63, 3.8) is 0 Å².